The second-order valence-electron chi connectivity index (χ2n) is 4.66. The molecule has 0 radical (unpaired) electrons. The Morgan fingerprint density at radius 1 is 1.60 bits per heavy atom. The van der Waals surface area contributed by atoms with Gasteiger partial charge in [0, 0.05) is 11.4 Å². The minimum atomic E-state index is -0.169. The van der Waals surface area contributed by atoms with E-state index in [0.29, 0.717) is 6.61 Å². The number of rotatable bonds is 5. The van der Waals surface area contributed by atoms with Gasteiger partial charge in [-0.25, -0.2) is 4.98 Å². The molecular weight excluding hydrogens is 292 g/mol. The monoisotopic (exact) mass is 308 g/mol. The van der Waals surface area contributed by atoms with Crippen LogP contribution in [0.2, 0.25) is 0 Å². The predicted molar refractivity (Wildman–Crippen MR) is 81.5 cm³/mol. The first-order valence-electron chi connectivity index (χ1n) is 6.69. The maximum Gasteiger partial charge on any atom is 0.315 e. The summed E-state index contributed by atoms with van der Waals surface area (Å²) >= 11 is 3.35. The number of aromatic nitrogens is 1. The lowest BCUT2D eigenvalue weighted by Gasteiger charge is -2.08. The molecule has 1 unspecified atom stereocenters. The normalized spacial score (nSPS) is 16.9. The Morgan fingerprint density at radius 3 is 3.25 bits per heavy atom. The third-order valence-electron chi connectivity index (χ3n) is 3.31. The van der Waals surface area contributed by atoms with Crippen molar-refractivity contribution in [3.05, 3.63) is 33.0 Å². The van der Waals surface area contributed by atoms with Crippen molar-refractivity contribution < 1.29 is 9.53 Å². The summed E-state index contributed by atoms with van der Waals surface area (Å²) in [7, 11) is 0. The van der Waals surface area contributed by atoms with E-state index >= 15 is 0 Å². The Bertz CT molecular complexity index is 592. The highest BCUT2D eigenvalue weighted by Gasteiger charge is 2.33. The summed E-state index contributed by atoms with van der Waals surface area (Å²) in [5.41, 5.74) is 2.17. The molecule has 1 aliphatic carbocycles. The molecule has 1 N–H and O–H groups in total. The number of thiazole rings is 1. The Labute approximate surface area is 125 Å². The summed E-state index contributed by atoms with van der Waals surface area (Å²) in [6, 6.07) is 2.10. The van der Waals surface area contributed by atoms with Crippen molar-refractivity contribution >= 4 is 33.8 Å². The van der Waals surface area contributed by atoms with Crippen molar-refractivity contribution in [1.29, 1.82) is 0 Å². The molecule has 20 heavy (non-hydrogen) atoms. The number of aryl methyl sites for hydroxylation is 1. The van der Waals surface area contributed by atoms with Gasteiger partial charge < -0.3 is 10.1 Å². The van der Waals surface area contributed by atoms with E-state index in [9.17, 15) is 4.79 Å². The van der Waals surface area contributed by atoms with Gasteiger partial charge in [-0.2, -0.15) is 11.3 Å². The number of ether oxygens (including phenoxy) is 1. The highest BCUT2D eigenvalue weighted by Crippen LogP contribution is 2.39. The molecule has 2 aromatic rings. The maximum atomic E-state index is 11.9. The zero-order valence-corrected chi connectivity index (χ0v) is 12.9. The van der Waals surface area contributed by atoms with Crippen LogP contribution in [0, 0.1) is 0 Å². The number of nitrogens with zero attached hydrogens (tertiary/aromatic N) is 1. The summed E-state index contributed by atoms with van der Waals surface area (Å²) in [5.74, 6) is -0.307. The minimum Gasteiger partial charge on any atom is -0.465 e. The van der Waals surface area contributed by atoms with E-state index in [2.05, 4.69) is 27.1 Å². The predicted octanol–water partition coefficient (Wildman–Crippen LogP) is 3.41. The zero-order chi connectivity index (χ0) is 13.9. The van der Waals surface area contributed by atoms with Crippen LogP contribution in [0.25, 0.3) is 0 Å². The second kappa shape index (κ2) is 5.93. The van der Waals surface area contributed by atoms with Gasteiger partial charge in [-0.1, -0.05) is 0 Å². The van der Waals surface area contributed by atoms with Gasteiger partial charge in [0.15, 0.2) is 5.13 Å². The molecule has 2 heterocycles. The SMILES string of the molecule is CCOC(=O)C1CCc2sc(NCc3ccsc3)nc21. The number of carbonyl (C=O) groups is 1. The number of thiophene rings is 1. The summed E-state index contributed by atoms with van der Waals surface area (Å²) in [5, 5.41) is 8.41. The molecular formula is C14H16N2O2S2. The Morgan fingerprint density at radius 2 is 2.50 bits per heavy atom. The lowest BCUT2D eigenvalue weighted by atomic mass is 10.1. The van der Waals surface area contributed by atoms with Crippen molar-refractivity contribution in [2.24, 2.45) is 0 Å². The van der Waals surface area contributed by atoms with E-state index in [1.165, 1.54) is 10.4 Å². The molecule has 1 atom stereocenters. The van der Waals surface area contributed by atoms with Gasteiger partial charge in [0.25, 0.3) is 0 Å². The smallest absolute Gasteiger partial charge is 0.315 e. The van der Waals surface area contributed by atoms with Gasteiger partial charge in [-0.15, -0.1) is 11.3 Å². The topological polar surface area (TPSA) is 51.2 Å². The molecule has 0 saturated carbocycles. The van der Waals surface area contributed by atoms with E-state index in [1.807, 2.05) is 6.92 Å². The fourth-order valence-electron chi connectivity index (χ4n) is 2.35. The van der Waals surface area contributed by atoms with Gasteiger partial charge in [0.2, 0.25) is 0 Å². The number of fused-ring (bicyclic) bond motifs is 1. The van der Waals surface area contributed by atoms with Crippen LogP contribution in [0.5, 0.6) is 0 Å². The molecule has 0 bridgehead atoms. The quantitative estimate of drug-likeness (QED) is 0.860. The summed E-state index contributed by atoms with van der Waals surface area (Å²) < 4.78 is 5.12. The molecule has 0 fully saturated rings. The summed E-state index contributed by atoms with van der Waals surface area (Å²) in [6.45, 7) is 3.04. The fourth-order valence-corrected chi connectivity index (χ4v) is 4.05. The van der Waals surface area contributed by atoms with Gasteiger partial charge in [0.1, 0.15) is 5.92 Å². The van der Waals surface area contributed by atoms with E-state index in [1.54, 1.807) is 22.7 Å². The van der Waals surface area contributed by atoms with Gasteiger partial charge >= 0.3 is 5.97 Å². The number of esters is 1. The van der Waals surface area contributed by atoms with Crippen molar-refractivity contribution in [1.82, 2.24) is 4.98 Å². The van der Waals surface area contributed by atoms with Gasteiger partial charge in [0.05, 0.1) is 12.3 Å². The maximum absolute atomic E-state index is 11.9. The largest absolute Gasteiger partial charge is 0.465 e. The number of carbonyl (C=O) groups excluding carboxylic acids is 1. The van der Waals surface area contributed by atoms with Crippen LogP contribution in [0.15, 0.2) is 16.8 Å². The van der Waals surface area contributed by atoms with Crippen LogP contribution in [-0.4, -0.2) is 17.6 Å². The van der Waals surface area contributed by atoms with Crippen LogP contribution in [0.1, 0.15) is 35.4 Å². The lowest BCUT2D eigenvalue weighted by Crippen LogP contribution is -2.14. The molecule has 0 saturated heterocycles. The number of hydrogen-bond donors (Lipinski definition) is 1. The summed E-state index contributed by atoms with van der Waals surface area (Å²) in [6.07, 6.45) is 1.76. The average molecular weight is 308 g/mol. The number of anilines is 1. The van der Waals surface area contributed by atoms with Crippen molar-refractivity contribution in [3.8, 4) is 0 Å². The van der Waals surface area contributed by atoms with Crippen LogP contribution in [-0.2, 0) is 22.5 Å². The number of nitrogens with one attached hydrogen (secondary N) is 1. The molecule has 4 nitrogen and oxygen atoms in total. The van der Waals surface area contributed by atoms with E-state index in [4.69, 9.17) is 4.74 Å². The lowest BCUT2D eigenvalue weighted by molar-refractivity contribution is -0.145. The molecule has 1 aliphatic rings. The first-order valence-corrected chi connectivity index (χ1v) is 8.45. The highest BCUT2D eigenvalue weighted by molar-refractivity contribution is 7.15. The van der Waals surface area contributed by atoms with Crippen LogP contribution >= 0.6 is 22.7 Å². The molecule has 2 aromatic heterocycles. The zero-order valence-electron chi connectivity index (χ0n) is 11.2. The molecule has 0 spiro atoms. The first-order chi connectivity index (χ1) is 9.78. The van der Waals surface area contributed by atoms with Gasteiger partial charge in [-0.05, 0) is 42.2 Å². The van der Waals surface area contributed by atoms with Crippen molar-refractivity contribution in [2.45, 2.75) is 32.2 Å². The van der Waals surface area contributed by atoms with Crippen LogP contribution in [0.4, 0.5) is 5.13 Å². The van der Waals surface area contributed by atoms with E-state index in [0.717, 1.165) is 30.2 Å². The average Bonchev–Trinajstić information content (AvgIpc) is 3.13. The molecule has 0 aromatic carbocycles. The van der Waals surface area contributed by atoms with Crippen molar-refractivity contribution in [3.63, 3.8) is 0 Å². The second-order valence-corrected chi connectivity index (χ2v) is 6.52. The standard InChI is InChI=1S/C14H16N2O2S2/c1-2-18-13(17)10-3-4-11-12(10)16-14(20-11)15-7-9-5-6-19-8-9/h5-6,8,10H,2-4,7H2,1H3,(H,15,16). The van der Waals surface area contributed by atoms with E-state index < -0.39 is 0 Å². The summed E-state index contributed by atoms with van der Waals surface area (Å²) in [4.78, 5) is 17.7. The molecule has 6 heteroatoms. The Kier molecular flexibility index (Phi) is 4.03. The highest BCUT2D eigenvalue weighted by atomic mass is 32.1. The van der Waals surface area contributed by atoms with Crippen LogP contribution in [0.3, 0.4) is 0 Å². The van der Waals surface area contributed by atoms with Gasteiger partial charge in [-0.3, -0.25) is 4.79 Å². The van der Waals surface area contributed by atoms with Crippen LogP contribution < -0.4 is 5.32 Å². The minimum absolute atomic E-state index is 0.138. The fraction of sp³-hybridized carbons (Fsp3) is 0.429. The molecule has 106 valence electrons. The Balaban J connectivity index is 1.68. The third kappa shape index (κ3) is 2.71. The molecule has 0 amide bonds. The first kappa shape index (κ1) is 13.6. The van der Waals surface area contributed by atoms with E-state index in [-0.39, 0.29) is 11.9 Å². The third-order valence-corrected chi connectivity index (χ3v) is 5.13. The Hall–Kier alpha value is -1.40. The number of hydrogen-bond acceptors (Lipinski definition) is 6. The van der Waals surface area contributed by atoms with Crippen molar-refractivity contribution in [2.75, 3.05) is 11.9 Å². The molecule has 3 rings (SSSR count). The molecule has 0 aliphatic heterocycles.